The van der Waals surface area contributed by atoms with Gasteiger partial charge >= 0.3 is 6.18 Å². The van der Waals surface area contributed by atoms with Crippen molar-refractivity contribution in [3.63, 3.8) is 0 Å². The van der Waals surface area contributed by atoms with Crippen LogP contribution in [0.25, 0.3) is 22.1 Å². The molecule has 0 aliphatic rings. The largest absolute Gasteiger partial charge is 0.489 e. The maximum Gasteiger partial charge on any atom is 0.450 e. The van der Waals surface area contributed by atoms with Crippen LogP contribution in [0.2, 0.25) is 15.1 Å². The third-order valence-electron chi connectivity index (χ3n) is 4.70. The summed E-state index contributed by atoms with van der Waals surface area (Å²) in [5, 5.41) is 1.08. The van der Waals surface area contributed by atoms with Crippen molar-refractivity contribution in [3.05, 3.63) is 97.3 Å². The van der Waals surface area contributed by atoms with Gasteiger partial charge in [-0.15, -0.1) is 0 Å². The molecule has 0 saturated heterocycles. The molecule has 1 heterocycles. The Labute approximate surface area is 194 Å². The van der Waals surface area contributed by atoms with E-state index < -0.39 is 22.9 Å². The predicted octanol–water partition coefficient (Wildman–Crippen LogP) is 8.02. The van der Waals surface area contributed by atoms with E-state index in [9.17, 15) is 18.0 Å². The minimum absolute atomic E-state index is 0.0222. The molecule has 0 aliphatic heterocycles. The minimum atomic E-state index is -4.90. The summed E-state index contributed by atoms with van der Waals surface area (Å²) in [7, 11) is 0. The SMILES string of the molecule is O=c1c(-c2ccc(Cl)cc2)c(C(F)(F)F)oc2cc(OCc3c(Cl)cccc3Cl)ccc12. The molecular weight excluding hydrogens is 488 g/mol. The van der Waals surface area contributed by atoms with Crippen LogP contribution in [0, 0.1) is 0 Å². The van der Waals surface area contributed by atoms with Gasteiger partial charge < -0.3 is 9.15 Å². The Morgan fingerprint density at radius 2 is 1.56 bits per heavy atom. The van der Waals surface area contributed by atoms with Crippen LogP contribution in [0.4, 0.5) is 13.2 Å². The molecule has 3 nitrogen and oxygen atoms in total. The van der Waals surface area contributed by atoms with Crippen molar-refractivity contribution < 1.29 is 22.3 Å². The number of hydrogen-bond acceptors (Lipinski definition) is 3. The summed E-state index contributed by atoms with van der Waals surface area (Å²) in [6, 6.07) is 14.5. The van der Waals surface area contributed by atoms with Gasteiger partial charge in [0.25, 0.3) is 0 Å². The second-order valence-electron chi connectivity index (χ2n) is 6.79. The van der Waals surface area contributed by atoms with Crippen LogP contribution in [0.1, 0.15) is 11.3 Å². The number of rotatable bonds is 4. The maximum absolute atomic E-state index is 13.8. The lowest BCUT2D eigenvalue weighted by Gasteiger charge is -2.14. The van der Waals surface area contributed by atoms with E-state index in [0.717, 1.165) is 0 Å². The fourth-order valence-electron chi connectivity index (χ4n) is 3.17. The molecule has 0 N–H and O–H groups in total. The van der Waals surface area contributed by atoms with Gasteiger partial charge in [0.15, 0.2) is 0 Å². The molecule has 0 radical (unpaired) electrons. The van der Waals surface area contributed by atoms with Crippen molar-refractivity contribution >= 4 is 45.8 Å². The maximum atomic E-state index is 13.8. The normalized spacial score (nSPS) is 11.7. The first-order valence-electron chi connectivity index (χ1n) is 9.15. The Kier molecular flexibility index (Phi) is 6.12. The molecule has 0 unspecified atom stereocenters. The molecule has 164 valence electrons. The van der Waals surface area contributed by atoms with E-state index in [1.165, 1.54) is 42.5 Å². The molecule has 1 aromatic heterocycles. The zero-order chi connectivity index (χ0) is 23.0. The van der Waals surface area contributed by atoms with Crippen molar-refractivity contribution in [1.29, 1.82) is 0 Å². The van der Waals surface area contributed by atoms with Gasteiger partial charge in [-0.1, -0.05) is 53.0 Å². The number of hydrogen-bond donors (Lipinski definition) is 0. The number of halogens is 6. The van der Waals surface area contributed by atoms with Crippen LogP contribution in [0.5, 0.6) is 5.75 Å². The van der Waals surface area contributed by atoms with Gasteiger partial charge in [0.1, 0.15) is 17.9 Å². The molecule has 3 aromatic carbocycles. The molecule has 0 aliphatic carbocycles. The Morgan fingerprint density at radius 3 is 2.19 bits per heavy atom. The van der Waals surface area contributed by atoms with Crippen molar-refractivity contribution in [3.8, 4) is 16.9 Å². The summed E-state index contributed by atoms with van der Waals surface area (Å²) in [4.78, 5) is 13.0. The third kappa shape index (κ3) is 4.44. The van der Waals surface area contributed by atoms with E-state index in [2.05, 4.69) is 0 Å². The lowest BCUT2D eigenvalue weighted by Crippen LogP contribution is -2.16. The van der Waals surface area contributed by atoms with E-state index >= 15 is 0 Å². The zero-order valence-electron chi connectivity index (χ0n) is 16.0. The molecule has 0 saturated carbocycles. The molecule has 0 fully saturated rings. The minimum Gasteiger partial charge on any atom is -0.489 e. The fourth-order valence-corrected chi connectivity index (χ4v) is 3.80. The first-order valence-corrected chi connectivity index (χ1v) is 10.3. The van der Waals surface area contributed by atoms with Crippen LogP contribution in [-0.4, -0.2) is 0 Å². The van der Waals surface area contributed by atoms with Crippen molar-refractivity contribution in [2.24, 2.45) is 0 Å². The van der Waals surface area contributed by atoms with Crippen LogP contribution in [0.15, 0.2) is 69.9 Å². The quantitative estimate of drug-likeness (QED) is 0.285. The summed E-state index contributed by atoms with van der Waals surface area (Å²) in [6.07, 6.45) is -4.90. The van der Waals surface area contributed by atoms with Gasteiger partial charge in [-0.05, 0) is 42.0 Å². The van der Waals surface area contributed by atoms with E-state index in [0.29, 0.717) is 20.6 Å². The average Bonchev–Trinajstić information content (AvgIpc) is 2.73. The van der Waals surface area contributed by atoms with Crippen LogP contribution < -0.4 is 10.2 Å². The monoisotopic (exact) mass is 498 g/mol. The predicted molar refractivity (Wildman–Crippen MR) is 119 cm³/mol. The Hall–Kier alpha value is -2.67. The molecule has 4 rings (SSSR count). The lowest BCUT2D eigenvalue weighted by atomic mass is 10.0. The molecule has 4 aromatic rings. The Bertz CT molecular complexity index is 1340. The van der Waals surface area contributed by atoms with E-state index in [1.54, 1.807) is 18.2 Å². The fraction of sp³-hybridized carbons (Fsp3) is 0.0870. The topological polar surface area (TPSA) is 39.4 Å². The van der Waals surface area contributed by atoms with Crippen molar-refractivity contribution in [2.45, 2.75) is 12.8 Å². The van der Waals surface area contributed by atoms with Crippen LogP contribution >= 0.6 is 34.8 Å². The molecule has 0 atom stereocenters. The van der Waals surface area contributed by atoms with Gasteiger partial charge in [0.05, 0.1) is 10.9 Å². The molecular formula is C23H12Cl3F3O3. The first-order chi connectivity index (χ1) is 15.1. The molecule has 9 heteroatoms. The van der Waals surface area contributed by atoms with Crippen molar-refractivity contribution in [2.75, 3.05) is 0 Å². The van der Waals surface area contributed by atoms with E-state index in [-0.39, 0.29) is 28.9 Å². The number of ether oxygens (including phenoxy) is 1. The number of benzene rings is 3. The second-order valence-corrected chi connectivity index (χ2v) is 8.04. The van der Waals surface area contributed by atoms with E-state index in [4.69, 9.17) is 44.0 Å². The smallest absolute Gasteiger partial charge is 0.450 e. The van der Waals surface area contributed by atoms with Gasteiger partial charge in [-0.25, -0.2) is 0 Å². The third-order valence-corrected chi connectivity index (χ3v) is 5.66. The average molecular weight is 500 g/mol. The molecule has 32 heavy (non-hydrogen) atoms. The highest BCUT2D eigenvalue weighted by molar-refractivity contribution is 6.36. The standard InChI is InChI=1S/C23H12Cl3F3O3/c24-13-6-4-12(5-7-13)20-21(30)15-9-8-14(10-19(15)32-22(20)23(27,28)29)31-11-16-17(25)2-1-3-18(16)26/h1-10H,11H2. The molecule has 0 spiro atoms. The number of alkyl halides is 3. The lowest BCUT2D eigenvalue weighted by molar-refractivity contribution is -0.152. The van der Waals surface area contributed by atoms with Gasteiger partial charge in [-0.3, -0.25) is 4.79 Å². The summed E-state index contributed by atoms with van der Waals surface area (Å²) >= 11 is 18.0. The Balaban J connectivity index is 1.79. The molecule has 0 amide bonds. The highest BCUT2D eigenvalue weighted by Crippen LogP contribution is 2.38. The number of fused-ring (bicyclic) bond motifs is 1. The summed E-state index contributed by atoms with van der Waals surface area (Å²) in [6.45, 7) is -0.0246. The zero-order valence-corrected chi connectivity index (χ0v) is 18.2. The highest BCUT2D eigenvalue weighted by Gasteiger charge is 2.39. The van der Waals surface area contributed by atoms with Gasteiger partial charge in [0, 0.05) is 26.7 Å². The first kappa shape index (κ1) is 22.5. The van der Waals surface area contributed by atoms with Gasteiger partial charge in [0.2, 0.25) is 11.2 Å². The second kappa shape index (κ2) is 8.70. The Morgan fingerprint density at radius 1 is 0.906 bits per heavy atom. The highest BCUT2D eigenvalue weighted by atomic mass is 35.5. The summed E-state index contributed by atoms with van der Waals surface area (Å²) < 4.78 is 52.1. The van der Waals surface area contributed by atoms with Crippen LogP contribution in [-0.2, 0) is 12.8 Å². The van der Waals surface area contributed by atoms with Crippen LogP contribution in [0.3, 0.4) is 0 Å². The van der Waals surface area contributed by atoms with Gasteiger partial charge in [-0.2, -0.15) is 13.2 Å². The summed E-state index contributed by atoms with van der Waals surface area (Å²) in [5.74, 6) is -1.22. The molecule has 0 bridgehead atoms. The summed E-state index contributed by atoms with van der Waals surface area (Å²) in [5.41, 5.74) is -1.10. The van der Waals surface area contributed by atoms with E-state index in [1.807, 2.05) is 0 Å². The van der Waals surface area contributed by atoms with Crippen molar-refractivity contribution in [1.82, 2.24) is 0 Å².